The SMILES string of the molecule is CC(C)(C)C(=O)COC(=O)c1ccccc1SCC(=O)NC12CC3CC(CC(C3)C1)C2. The average molecular weight is 444 g/mol. The van der Waals surface area contributed by atoms with Gasteiger partial charge in [0.25, 0.3) is 0 Å². The standard InChI is InChI=1S/C25H33NO4S/c1-24(2,3)21(27)14-30-23(29)19-6-4-5-7-20(19)31-15-22(28)26-25-11-16-8-17(12-25)10-18(9-16)13-25/h4-7,16-18H,8-15H2,1-3H3,(H,26,28). The minimum Gasteiger partial charge on any atom is -0.454 e. The predicted molar refractivity (Wildman–Crippen MR) is 121 cm³/mol. The van der Waals surface area contributed by atoms with Gasteiger partial charge in [-0.15, -0.1) is 11.8 Å². The van der Waals surface area contributed by atoms with Crippen molar-refractivity contribution in [2.45, 2.75) is 69.7 Å². The van der Waals surface area contributed by atoms with Gasteiger partial charge in [-0.25, -0.2) is 4.79 Å². The first-order valence-electron chi connectivity index (χ1n) is 11.4. The van der Waals surface area contributed by atoms with E-state index in [1.165, 1.54) is 31.0 Å². The summed E-state index contributed by atoms with van der Waals surface area (Å²) in [7, 11) is 0. The summed E-state index contributed by atoms with van der Waals surface area (Å²) < 4.78 is 5.25. The molecule has 5 rings (SSSR count). The van der Waals surface area contributed by atoms with Crippen LogP contribution in [0.2, 0.25) is 0 Å². The van der Waals surface area contributed by atoms with Crippen LogP contribution in [0.4, 0.5) is 0 Å². The third-order valence-corrected chi connectivity index (χ3v) is 8.15. The predicted octanol–water partition coefficient (Wildman–Crippen LogP) is 4.64. The van der Waals surface area contributed by atoms with Crippen molar-refractivity contribution in [3.05, 3.63) is 29.8 Å². The van der Waals surface area contributed by atoms with Crippen LogP contribution < -0.4 is 5.32 Å². The molecule has 4 saturated carbocycles. The van der Waals surface area contributed by atoms with Gasteiger partial charge in [0.2, 0.25) is 5.91 Å². The number of carbonyl (C=O) groups excluding carboxylic acids is 3. The van der Waals surface area contributed by atoms with E-state index >= 15 is 0 Å². The minimum atomic E-state index is -0.552. The number of hydrogen-bond acceptors (Lipinski definition) is 5. The molecule has 1 aromatic rings. The highest BCUT2D eigenvalue weighted by molar-refractivity contribution is 8.00. The van der Waals surface area contributed by atoms with Crippen molar-refractivity contribution in [3.8, 4) is 0 Å². The molecule has 0 atom stereocenters. The minimum absolute atomic E-state index is 0.00183. The fourth-order valence-corrected chi connectivity index (χ4v) is 6.77. The number of ether oxygens (including phenoxy) is 1. The van der Waals surface area contributed by atoms with E-state index in [1.54, 1.807) is 32.9 Å². The van der Waals surface area contributed by atoms with E-state index in [4.69, 9.17) is 4.74 Å². The molecule has 0 radical (unpaired) electrons. The normalized spacial score (nSPS) is 28.9. The van der Waals surface area contributed by atoms with Gasteiger partial charge >= 0.3 is 5.97 Å². The third-order valence-electron chi connectivity index (χ3n) is 7.08. The molecular weight excluding hydrogens is 410 g/mol. The van der Waals surface area contributed by atoms with Crippen LogP contribution in [-0.2, 0) is 14.3 Å². The molecule has 4 aliphatic carbocycles. The van der Waals surface area contributed by atoms with Crippen molar-refractivity contribution in [2.75, 3.05) is 12.4 Å². The summed E-state index contributed by atoms with van der Waals surface area (Å²) in [6.45, 7) is 5.16. The summed E-state index contributed by atoms with van der Waals surface area (Å²) in [5, 5.41) is 3.38. The zero-order chi connectivity index (χ0) is 22.2. The zero-order valence-electron chi connectivity index (χ0n) is 18.7. The molecular formula is C25H33NO4S. The molecule has 4 fully saturated rings. The topological polar surface area (TPSA) is 72.5 Å². The lowest BCUT2D eigenvalue weighted by Gasteiger charge is -2.56. The quantitative estimate of drug-likeness (QED) is 0.491. The molecule has 0 spiro atoms. The highest BCUT2D eigenvalue weighted by Gasteiger charge is 2.51. The lowest BCUT2D eigenvalue weighted by molar-refractivity contribution is -0.129. The molecule has 1 N–H and O–H groups in total. The Bertz CT molecular complexity index is 837. The summed E-state index contributed by atoms with van der Waals surface area (Å²) in [5.74, 6) is 2.01. The van der Waals surface area contributed by atoms with Gasteiger partial charge in [0, 0.05) is 15.8 Å². The Morgan fingerprint density at radius 3 is 2.19 bits per heavy atom. The third kappa shape index (κ3) is 5.16. The lowest BCUT2D eigenvalue weighted by atomic mass is 9.53. The fraction of sp³-hybridized carbons (Fsp3) is 0.640. The number of ketones is 1. The first-order chi connectivity index (χ1) is 14.6. The molecule has 31 heavy (non-hydrogen) atoms. The Morgan fingerprint density at radius 1 is 1.03 bits per heavy atom. The maximum atomic E-state index is 12.8. The summed E-state index contributed by atoms with van der Waals surface area (Å²) in [4.78, 5) is 38.1. The van der Waals surface area contributed by atoms with Crippen molar-refractivity contribution in [2.24, 2.45) is 23.2 Å². The summed E-state index contributed by atoms with van der Waals surface area (Å²) in [6.07, 6.45) is 7.41. The number of benzene rings is 1. The Kier molecular flexibility index (Phi) is 6.21. The summed E-state index contributed by atoms with van der Waals surface area (Å²) in [6, 6.07) is 7.12. The van der Waals surface area contributed by atoms with Gasteiger partial charge in [0.05, 0.1) is 11.3 Å². The second-order valence-corrected chi connectivity index (χ2v) is 11.8. The second kappa shape index (κ2) is 8.61. The maximum absolute atomic E-state index is 12.8. The number of thioether (sulfide) groups is 1. The number of hydrogen-bond donors (Lipinski definition) is 1. The largest absolute Gasteiger partial charge is 0.454 e. The monoisotopic (exact) mass is 443 g/mol. The zero-order valence-corrected chi connectivity index (χ0v) is 19.6. The maximum Gasteiger partial charge on any atom is 0.339 e. The van der Waals surface area contributed by atoms with Crippen LogP contribution in [0.15, 0.2) is 29.2 Å². The van der Waals surface area contributed by atoms with Crippen LogP contribution >= 0.6 is 11.8 Å². The van der Waals surface area contributed by atoms with Gasteiger partial charge in [-0.1, -0.05) is 32.9 Å². The van der Waals surface area contributed by atoms with Gasteiger partial charge in [0.1, 0.15) is 0 Å². The lowest BCUT2D eigenvalue weighted by Crippen LogP contribution is -2.60. The molecule has 168 valence electrons. The number of Topliss-reactive ketones (excluding diaryl/α,β-unsaturated/α-hetero) is 1. The molecule has 4 aliphatic rings. The van der Waals surface area contributed by atoms with Crippen molar-refractivity contribution in [1.82, 2.24) is 5.32 Å². The van der Waals surface area contributed by atoms with E-state index in [2.05, 4.69) is 5.32 Å². The second-order valence-electron chi connectivity index (χ2n) is 10.8. The van der Waals surface area contributed by atoms with Crippen LogP contribution in [0.5, 0.6) is 0 Å². The van der Waals surface area contributed by atoms with E-state index in [-0.39, 0.29) is 29.6 Å². The van der Waals surface area contributed by atoms with Crippen LogP contribution in [0.3, 0.4) is 0 Å². The van der Waals surface area contributed by atoms with E-state index in [9.17, 15) is 14.4 Å². The molecule has 0 aliphatic heterocycles. The summed E-state index contributed by atoms with van der Waals surface area (Å²) in [5.41, 5.74) is -0.154. The highest BCUT2D eigenvalue weighted by atomic mass is 32.2. The number of carbonyl (C=O) groups is 3. The smallest absolute Gasteiger partial charge is 0.339 e. The Morgan fingerprint density at radius 2 is 1.61 bits per heavy atom. The number of rotatable bonds is 7. The first kappa shape index (κ1) is 22.4. The molecule has 1 amide bonds. The van der Waals surface area contributed by atoms with Crippen molar-refractivity contribution >= 4 is 29.4 Å². The van der Waals surface area contributed by atoms with Gasteiger partial charge in [-0.3, -0.25) is 9.59 Å². The Balaban J connectivity index is 1.33. The van der Waals surface area contributed by atoms with Crippen LogP contribution in [-0.4, -0.2) is 35.6 Å². The molecule has 0 aromatic heterocycles. The molecule has 0 unspecified atom stereocenters. The van der Waals surface area contributed by atoms with Crippen LogP contribution in [0.25, 0.3) is 0 Å². The molecule has 0 heterocycles. The Labute approximate surface area is 189 Å². The van der Waals surface area contributed by atoms with E-state index in [0.717, 1.165) is 37.0 Å². The van der Waals surface area contributed by atoms with Crippen LogP contribution in [0, 0.1) is 23.2 Å². The van der Waals surface area contributed by atoms with E-state index in [1.807, 2.05) is 12.1 Å². The van der Waals surface area contributed by atoms with Crippen molar-refractivity contribution < 1.29 is 19.1 Å². The van der Waals surface area contributed by atoms with Crippen LogP contribution in [0.1, 0.15) is 69.7 Å². The van der Waals surface area contributed by atoms with Gasteiger partial charge < -0.3 is 10.1 Å². The fourth-order valence-electron chi connectivity index (χ4n) is 5.93. The number of esters is 1. The average Bonchev–Trinajstić information content (AvgIpc) is 2.68. The Hall–Kier alpha value is -1.82. The first-order valence-corrected chi connectivity index (χ1v) is 12.4. The van der Waals surface area contributed by atoms with Gasteiger partial charge in [-0.2, -0.15) is 0 Å². The molecule has 6 heteroatoms. The molecule has 0 saturated heterocycles. The number of amides is 1. The molecule has 1 aromatic carbocycles. The van der Waals surface area contributed by atoms with Crippen molar-refractivity contribution in [3.63, 3.8) is 0 Å². The molecule has 4 bridgehead atoms. The van der Waals surface area contributed by atoms with Crippen molar-refractivity contribution in [1.29, 1.82) is 0 Å². The van der Waals surface area contributed by atoms with E-state index in [0.29, 0.717) is 10.5 Å². The highest BCUT2D eigenvalue weighted by Crippen LogP contribution is 2.55. The van der Waals surface area contributed by atoms with Gasteiger partial charge in [0.15, 0.2) is 12.4 Å². The number of nitrogens with one attached hydrogen (secondary N) is 1. The molecule has 5 nitrogen and oxygen atoms in total. The van der Waals surface area contributed by atoms with Gasteiger partial charge in [-0.05, 0) is 68.4 Å². The summed E-state index contributed by atoms with van der Waals surface area (Å²) >= 11 is 1.35. The van der Waals surface area contributed by atoms with E-state index < -0.39 is 11.4 Å².